The predicted octanol–water partition coefficient (Wildman–Crippen LogP) is 4.04. The highest BCUT2D eigenvalue weighted by molar-refractivity contribution is 5.87. The molecule has 2 rings (SSSR count). The van der Waals surface area contributed by atoms with E-state index in [1.165, 1.54) is 19.3 Å². The smallest absolute Gasteiger partial charge is 0.373 e. The fourth-order valence-electron chi connectivity index (χ4n) is 6.35. The van der Waals surface area contributed by atoms with Gasteiger partial charge in [0, 0.05) is 30.1 Å². The largest absolute Gasteiger partial charge is 0.490 e. The molecule has 0 radical (unpaired) electrons. The minimum Gasteiger partial charge on any atom is -0.490 e. The maximum Gasteiger partial charge on any atom is 0.373 e. The summed E-state index contributed by atoms with van der Waals surface area (Å²) in [5, 5.41) is 55.9. The van der Waals surface area contributed by atoms with Crippen molar-refractivity contribution >= 4 is 5.97 Å². The Bertz CT molecular complexity index is 1050. The standard InChI is InChI=1S/C34H56O9/c1-18(2)31-23(7)27(36)17-34(40,43-31)25(9)30(38)24(8)32-26(35)13-11-12-19(3)14-21(5)29(37)22(6)15-20(4)16-28(41-10)33(39)42-32/h11-13,15-16,18,21-27,29-32,35-38,40H,14,17H2,1-10H3/b13-11+,19-12+,20-15+,28-16-/t21-,22-,23+,24+,25+,26-,27-,29+,30-,31-,32?,34-/m1/s1. The number of hydrogen-bond acceptors (Lipinski definition) is 9. The lowest BCUT2D eigenvalue weighted by molar-refractivity contribution is -0.328. The van der Waals surface area contributed by atoms with Gasteiger partial charge in [-0.05, 0) is 38.2 Å². The molecule has 1 unspecified atom stereocenters. The SMILES string of the molecule is CO/C1=C\C(C)=C\[C@@H](C)[C@@H](O)[C@H](C)C/C(C)=C/C=C/[C@@H](O)C([C@@H](C)[C@@H](O)[C@H](C)[C@@]2(O)C[C@@H](O)[C@H](C)[C@@H](C(C)C)O2)OC1=O. The summed E-state index contributed by atoms with van der Waals surface area (Å²) in [5.74, 6) is -4.96. The van der Waals surface area contributed by atoms with Crippen LogP contribution >= 0.6 is 0 Å². The summed E-state index contributed by atoms with van der Waals surface area (Å²) < 4.78 is 17.3. The second-order valence-electron chi connectivity index (χ2n) is 13.4. The van der Waals surface area contributed by atoms with E-state index >= 15 is 0 Å². The van der Waals surface area contributed by atoms with Crippen LogP contribution in [-0.4, -0.2) is 81.0 Å². The van der Waals surface area contributed by atoms with E-state index in [0.29, 0.717) is 12.0 Å². The second kappa shape index (κ2) is 15.8. The van der Waals surface area contributed by atoms with Crippen LogP contribution in [0.5, 0.6) is 0 Å². The normalized spacial score (nSPS) is 41.9. The molecule has 9 nitrogen and oxygen atoms in total. The van der Waals surface area contributed by atoms with Gasteiger partial charge in [0.15, 0.2) is 5.79 Å². The van der Waals surface area contributed by atoms with Crippen molar-refractivity contribution in [1.29, 1.82) is 0 Å². The number of allylic oxidation sites excluding steroid dienone is 5. The zero-order valence-corrected chi connectivity index (χ0v) is 27.6. The van der Waals surface area contributed by atoms with Crippen LogP contribution in [0.15, 0.2) is 47.3 Å². The molecule has 0 aromatic carbocycles. The monoisotopic (exact) mass is 608 g/mol. The van der Waals surface area contributed by atoms with Crippen LogP contribution in [0.1, 0.15) is 75.2 Å². The van der Waals surface area contributed by atoms with Crippen LogP contribution in [0.2, 0.25) is 0 Å². The molecule has 9 heteroatoms. The van der Waals surface area contributed by atoms with Crippen LogP contribution in [0, 0.1) is 35.5 Å². The van der Waals surface area contributed by atoms with E-state index < -0.39 is 60.2 Å². The molecular formula is C34H56O9. The lowest BCUT2D eigenvalue weighted by atomic mass is 9.76. The molecule has 43 heavy (non-hydrogen) atoms. The van der Waals surface area contributed by atoms with E-state index in [9.17, 15) is 30.3 Å². The highest BCUT2D eigenvalue weighted by Gasteiger charge is 2.51. The maximum atomic E-state index is 13.3. The number of carbonyl (C=O) groups excluding carboxylic acids is 1. The van der Waals surface area contributed by atoms with Crippen molar-refractivity contribution in [2.75, 3.05) is 7.11 Å². The molecule has 0 aliphatic carbocycles. The fraction of sp³-hybridized carbons (Fsp3) is 0.735. The van der Waals surface area contributed by atoms with E-state index in [1.54, 1.807) is 26.8 Å². The second-order valence-corrected chi connectivity index (χ2v) is 13.4. The highest BCUT2D eigenvalue weighted by atomic mass is 16.6. The van der Waals surface area contributed by atoms with Gasteiger partial charge in [0.1, 0.15) is 12.2 Å². The topological polar surface area (TPSA) is 146 Å². The first kappa shape index (κ1) is 37.2. The van der Waals surface area contributed by atoms with Crippen LogP contribution in [0.4, 0.5) is 0 Å². The van der Waals surface area contributed by atoms with Crippen LogP contribution in [0.25, 0.3) is 0 Å². The lowest BCUT2D eigenvalue weighted by Crippen LogP contribution is -2.59. The lowest BCUT2D eigenvalue weighted by Gasteiger charge is -2.49. The molecule has 0 saturated carbocycles. The minimum atomic E-state index is -1.84. The van der Waals surface area contributed by atoms with Crippen molar-refractivity contribution in [2.24, 2.45) is 35.5 Å². The van der Waals surface area contributed by atoms with E-state index in [4.69, 9.17) is 14.2 Å². The van der Waals surface area contributed by atoms with Gasteiger partial charge >= 0.3 is 5.97 Å². The first-order valence-electron chi connectivity index (χ1n) is 15.5. The van der Waals surface area contributed by atoms with Crippen molar-refractivity contribution in [1.82, 2.24) is 0 Å². The summed E-state index contributed by atoms with van der Waals surface area (Å²) in [7, 11) is 1.34. The number of hydrogen-bond donors (Lipinski definition) is 5. The number of ether oxygens (including phenoxy) is 3. The van der Waals surface area contributed by atoms with Crippen molar-refractivity contribution in [3.63, 3.8) is 0 Å². The Hall–Kier alpha value is -2.01. The summed E-state index contributed by atoms with van der Waals surface area (Å²) in [6.45, 7) is 16.6. The van der Waals surface area contributed by atoms with Crippen LogP contribution in [0.3, 0.4) is 0 Å². The number of methoxy groups -OCH3 is 1. The molecule has 0 amide bonds. The Morgan fingerprint density at radius 2 is 1.67 bits per heavy atom. The summed E-state index contributed by atoms with van der Waals surface area (Å²) >= 11 is 0. The Labute approximate surface area is 257 Å². The van der Waals surface area contributed by atoms with Gasteiger partial charge in [-0.25, -0.2) is 4.79 Å². The minimum absolute atomic E-state index is 0.0155. The average molecular weight is 609 g/mol. The summed E-state index contributed by atoms with van der Waals surface area (Å²) in [4.78, 5) is 13.3. The zero-order valence-electron chi connectivity index (χ0n) is 27.6. The van der Waals surface area contributed by atoms with Gasteiger partial charge in [-0.2, -0.15) is 0 Å². The number of aliphatic hydroxyl groups is 5. The van der Waals surface area contributed by atoms with E-state index in [1.807, 2.05) is 53.7 Å². The molecule has 0 spiro atoms. The number of aliphatic hydroxyl groups excluding tert-OH is 4. The molecule has 0 bridgehead atoms. The first-order valence-corrected chi connectivity index (χ1v) is 15.5. The number of cyclic esters (lactones) is 1. The Balaban J connectivity index is 2.47. The van der Waals surface area contributed by atoms with Crippen molar-refractivity contribution in [2.45, 2.75) is 118 Å². The molecule has 2 aliphatic heterocycles. The van der Waals surface area contributed by atoms with Gasteiger partial charge < -0.3 is 39.7 Å². The molecule has 246 valence electrons. The summed E-state index contributed by atoms with van der Waals surface area (Å²) in [6, 6.07) is 0. The van der Waals surface area contributed by atoms with Gasteiger partial charge in [-0.15, -0.1) is 0 Å². The van der Waals surface area contributed by atoms with Gasteiger partial charge in [-0.1, -0.05) is 83.9 Å². The fourth-order valence-corrected chi connectivity index (χ4v) is 6.35. The highest BCUT2D eigenvalue weighted by Crippen LogP contribution is 2.41. The molecule has 1 fully saturated rings. The Kier molecular flexibility index (Phi) is 13.7. The molecule has 12 atom stereocenters. The third-order valence-electron chi connectivity index (χ3n) is 9.24. The van der Waals surface area contributed by atoms with Gasteiger partial charge in [-0.3, -0.25) is 0 Å². The third kappa shape index (κ3) is 9.49. The Morgan fingerprint density at radius 1 is 1.05 bits per heavy atom. The Morgan fingerprint density at radius 3 is 2.26 bits per heavy atom. The first-order chi connectivity index (χ1) is 19.9. The predicted molar refractivity (Wildman–Crippen MR) is 165 cm³/mol. The quantitative estimate of drug-likeness (QED) is 0.282. The average Bonchev–Trinajstić information content (AvgIpc) is 2.93. The molecular weight excluding hydrogens is 552 g/mol. The van der Waals surface area contributed by atoms with E-state index in [0.717, 1.165) is 5.57 Å². The third-order valence-corrected chi connectivity index (χ3v) is 9.24. The summed E-state index contributed by atoms with van der Waals surface area (Å²) in [6.07, 6.45) is 3.22. The molecule has 0 aromatic heterocycles. The van der Waals surface area contributed by atoms with Crippen LogP contribution in [-0.2, 0) is 19.0 Å². The van der Waals surface area contributed by atoms with E-state index in [-0.39, 0.29) is 35.9 Å². The number of esters is 1. The van der Waals surface area contributed by atoms with Gasteiger partial charge in [0.25, 0.3) is 0 Å². The molecule has 2 aliphatic rings. The summed E-state index contributed by atoms with van der Waals surface area (Å²) in [5.41, 5.74) is 1.69. The van der Waals surface area contributed by atoms with Crippen molar-refractivity contribution < 1.29 is 44.5 Å². The molecule has 5 N–H and O–H groups in total. The molecule has 0 aromatic rings. The van der Waals surface area contributed by atoms with E-state index in [2.05, 4.69) is 0 Å². The van der Waals surface area contributed by atoms with Crippen molar-refractivity contribution in [3.8, 4) is 0 Å². The van der Waals surface area contributed by atoms with Crippen LogP contribution < -0.4 is 0 Å². The molecule has 1 saturated heterocycles. The molecule has 2 heterocycles. The number of rotatable bonds is 6. The zero-order chi connectivity index (χ0) is 32.8. The maximum absolute atomic E-state index is 13.3. The van der Waals surface area contributed by atoms with Crippen molar-refractivity contribution in [3.05, 3.63) is 47.3 Å². The van der Waals surface area contributed by atoms with Gasteiger partial charge in [0.2, 0.25) is 5.76 Å². The van der Waals surface area contributed by atoms with Gasteiger partial charge in [0.05, 0.1) is 31.5 Å². The number of carbonyl (C=O) groups is 1.